The summed E-state index contributed by atoms with van der Waals surface area (Å²) < 4.78 is 13.5. The van der Waals surface area contributed by atoms with Crippen LogP contribution in [0, 0.1) is 12.8 Å². The predicted molar refractivity (Wildman–Crippen MR) is 131 cm³/mol. The van der Waals surface area contributed by atoms with E-state index in [0.29, 0.717) is 43.2 Å². The largest absolute Gasteiger partial charge is 0.381 e. The molecule has 182 valence electrons. The zero-order chi connectivity index (χ0) is 23.8. The highest BCUT2D eigenvalue weighted by Gasteiger charge is 2.27. The molecule has 2 aliphatic heterocycles. The van der Waals surface area contributed by atoms with Crippen LogP contribution in [0.3, 0.4) is 0 Å². The van der Waals surface area contributed by atoms with Gasteiger partial charge in [0, 0.05) is 43.9 Å². The van der Waals surface area contributed by atoms with Crippen LogP contribution in [-0.4, -0.2) is 64.6 Å². The lowest BCUT2D eigenvalue weighted by molar-refractivity contribution is -0.00232. The first-order valence-corrected chi connectivity index (χ1v) is 12.4. The second kappa shape index (κ2) is 9.50. The van der Waals surface area contributed by atoms with Gasteiger partial charge < -0.3 is 19.4 Å². The molecule has 0 radical (unpaired) electrons. The number of aryl methyl sites for hydroxylation is 1. The molecule has 0 spiro atoms. The number of piperidine rings is 1. The van der Waals surface area contributed by atoms with Crippen LogP contribution in [-0.2, 0) is 9.47 Å². The van der Waals surface area contributed by atoms with Gasteiger partial charge in [-0.2, -0.15) is 5.10 Å². The molecule has 2 aromatic heterocycles. The Balaban J connectivity index is 1.48. The number of aromatic amines is 1. The fourth-order valence-electron chi connectivity index (χ4n) is 5.16. The topological polar surface area (TPSA) is 89.4 Å². The van der Waals surface area contributed by atoms with Crippen LogP contribution in [0.15, 0.2) is 23.1 Å². The number of carbonyl (C=O) groups is 1. The Bertz CT molecular complexity index is 1250. The van der Waals surface area contributed by atoms with Gasteiger partial charge >= 0.3 is 0 Å². The van der Waals surface area contributed by atoms with Gasteiger partial charge in [0.1, 0.15) is 0 Å². The number of carbonyl (C=O) groups excluding carboxylic acids is 1. The van der Waals surface area contributed by atoms with Crippen molar-refractivity contribution in [1.82, 2.24) is 19.7 Å². The third-order valence-corrected chi connectivity index (χ3v) is 7.07. The molecule has 3 aromatic rings. The molecular weight excluding hydrogens is 432 g/mol. The molecule has 0 bridgehead atoms. The first kappa shape index (κ1) is 23.1. The number of fused-ring (bicyclic) bond motifs is 3. The number of nitrogens with zero attached hydrogens (tertiary/aromatic N) is 3. The van der Waals surface area contributed by atoms with E-state index in [4.69, 9.17) is 9.47 Å². The van der Waals surface area contributed by atoms with Crippen LogP contribution < -0.4 is 5.56 Å². The van der Waals surface area contributed by atoms with Crippen molar-refractivity contribution >= 4 is 27.7 Å². The van der Waals surface area contributed by atoms with Crippen molar-refractivity contribution < 1.29 is 14.3 Å². The van der Waals surface area contributed by atoms with E-state index < -0.39 is 0 Å². The summed E-state index contributed by atoms with van der Waals surface area (Å²) >= 11 is 0. The summed E-state index contributed by atoms with van der Waals surface area (Å²) in [6, 6.07) is 4.05. The third kappa shape index (κ3) is 4.36. The summed E-state index contributed by atoms with van der Waals surface area (Å²) in [5.41, 5.74) is 2.94. The number of likely N-dealkylation sites (tertiary alicyclic amines) is 1. The molecule has 4 heterocycles. The molecule has 0 atom stereocenters. The number of benzene rings is 1. The van der Waals surface area contributed by atoms with Gasteiger partial charge in [-0.05, 0) is 56.2 Å². The van der Waals surface area contributed by atoms with E-state index in [0.717, 1.165) is 54.3 Å². The van der Waals surface area contributed by atoms with E-state index >= 15 is 0 Å². The van der Waals surface area contributed by atoms with E-state index in [1.54, 1.807) is 6.20 Å². The van der Waals surface area contributed by atoms with Crippen LogP contribution in [0.4, 0.5) is 0 Å². The molecule has 0 unspecified atom stereocenters. The molecule has 8 heteroatoms. The summed E-state index contributed by atoms with van der Waals surface area (Å²) in [6.45, 7) is 9.76. The predicted octanol–water partition coefficient (Wildman–Crippen LogP) is 3.81. The number of ether oxygens (including phenoxy) is 2. The lowest BCUT2D eigenvalue weighted by Crippen LogP contribution is -2.41. The van der Waals surface area contributed by atoms with E-state index in [-0.39, 0.29) is 23.6 Å². The number of H-pyrrole nitrogens is 1. The Morgan fingerprint density at radius 2 is 1.91 bits per heavy atom. The molecule has 1 aromatic carbocycles. The van der Waals surface area contributed by atoms with E-state index in [9.17, 15) is 9.59 Å². The van der Waals surface area contributed by atoms with Crippen molar-refractivity contribution in [3.05, 3.63) is 39.8 Å². The molecule has 2 fully saturated rings. The number of amides is 1. The molecule has 8 nitrogen and oxygen atoms in total. The Morgan fingerprint density at radius 1 is 1.18 bits per heavy atom. The van der Waals surface area contributed by atoms with Crippen molar-refractivity contribution in [2.24, 2.45) is 5.92 Å². The quantitative estimate of drug-likeness (QED) is 0.618. The monoisotopic (exact) mass is 466 g/mol. The van der Waals surface area contributed by atoms with E-state index in [2.05, 4.69) is 23.9 Å². The van der Waals surface area contributed by atoms with Crippen molar-refractivity contribution in [3.8, 4) is 0 Å². The Kier molecular flexibility index (Phi) is 6.44. The van der Waals surface area contributed by atoms with Crippen LogP contribution in [0.2, 0.25) is 0 Å². The van der Waals surface area contributed by atoms with Gasteiger partial charge in [-0.3, -0.25) is 14.3 Å². The average molecular weight is 467 g/mol. The van der Waals surface area contributed by atoms with Crippen molar-refractivity contribution in [3.63, 3.8) is 0 Å². The molecule has 34 heavy (non-hydrogen) atoms. The van der Waals surface area contributed by atoms with Crippen molar-refractivity contribution in [2.75, 3.05) is 32.9 Å². The maximum atomic E-state index is 13.5. The first-order chi connectivity index (χ1) is 16.4. The second-order valence-electron chi connectivity index (χ2n) is 10.1. The number of rotatable bonds is 5. The average Bonchev–Trinajstić information content (AvgIpc) is 3.29. The minimum atomic E-state index is -0.150. The van der Waals surface area contributed by atoms with Gasteiger partial charge in [-0.15, -0.1) is 0 Å². The molecule has 0 saturated carbocycles. The fourth-order valence-corrected chi connectivity index (χ4v) is 5.16. The highest BCUT2D eigenvalue weighted by molar-refractivity contribution is 6.07. The Morgan fingerprint density at radius 3 is 2.62 bits per heavy atom. The van der Waals surface area contributed by atoms with E-state index in [1.165, 1.54) is 0 Å². The highest BCUT2D eigenvalue weighted by atomic mass is 16.5. The van der Waals surface area contributed by atoms with Gasteiger partial charge in [0.15, 0.2) is 0 Å². The van der Waals surface area contributed by atoms with Crippen LogP contribution >= 0.6 is 0 Å². The summed E-state index contributed by atoms with van der Waals surface area (Å²) in [4.78, 5) is 31.2. The van der Waals surface area contributed by atoms with Crippen LogP contribution in [0.5, 0.6) is 0 Å². The number of pyridine rings is 1. The normalized spacial score (nSPS) is 18.4. The summed E-state index contributed by atoms with van der Waals surface area (Å²) in [5, 5.41) is 6.01. The van der Waals surface area contributed by atoms with Gasteiger partial charge in [0.05, 0.1) is 34.8 Å². The Labute approximate surface area is 199 Å². The summed E-state index contributed by atoms with van der Waals surface area (Å²) in [7, 11) is 0. The molecule has 5 rings (SSSR count). The number of aromatic nitrogens is 3. The zero-order valence-corrected chi connectivity index (χ0v) is 20.3. The smallest absolute Gasteiger partial charge is 0.259 e. The lowest BCUT2D eigenvalue weighted by Gasteiger charge is -2.32. The van der Waals surface area contributed by atoms with Gasteiger partial charge in [0.25, 0.3) is 11.5 Å². The van der Waals surface area contributed by atoms with Crippen molar-refractivity contribution in [1.29, 1.82) is 0 Å². The molecule has 2 aliphatic rings. The third-order valence-electron chi connectivity index (χ3n) is 7.07. The lowest BCUT2D eigenvalue weighted by atomic mass is 10.00. The SMILES string of the molecule is Cc1cc2[nH]c(=O)c3cnn(C4CCOCC4)c3c2cc1C(=O)N1CCC(OCC(C)C)CC1. The van der Waals surface area contributed by atoms with Crippen LogP contribution in [0.25, 0.3) is 21.8 Å². The van der Waals surface area contributed by atoms with Gasteiger partial charge in [-0.1, -0.05) is 13.8 Å². The first-order valence-electron chi connectivity index (χ1n) is 12.4. The number of nitrogens with one attached hydrogen (secondary N) is 1. The zero-order valence-electron chi connectivity index (χ0n) is 20.3. The Hall–Kier alpha value is -2.71. The maximum Gasteiger partial charge on any atom is 0.259 e. The highest BCUT2D eigenvalue weighted by Crippen LogP contribution is 2.30. The number of hydrogen-bond acceptors (Lipinski definition) is 5. The minimum absolute atomic E-state index is 0.0400. The molecule has 1 N–H and O–H groups in total. The molecular formula is C26H34N4O4. The van der Waals surface area contributed by atoms with Gasteiger partial charge in [0.2, 0.25) is 0 Å². The number of hydrogen-bond donors (Lipinski definition) is 1. The standard InChI is InChI=1S/C26H34N4O4/c1-16(2)15-34-19-4-8-29(9-5-19)26(32)20-13-21-23(12-17(20)3)28-25(31)22-14-27-30(24(21)22)18-6-10-33-11-7-18/h12-14,16,18-19H,4-11,15H2,1-3H3,(H,28,31). The molecule has 2 saturated heterocycles. The maximum absolute atomic E-state index is 13.5. The molecule has 0 aliphatic carbocycles. The fraction of sp³-hybridized carbons (Fsp3) is 0.577. The van der Waals surface area contributed by atoms with Crippen LogP contribution in [0.1, 0.15) is 61.5 Å². The summed E-state index contributed by atoms with van der Waals surface area (Å²) in [5.74, 6) is 0.552. The van der Waals surface area contributed by atoms with Crippen molar-refractivity contribution in [2.45, 2.75) is 58.6 Å². The van der Waals surface area contributed by atoms with Gasteiger partial charge in [-0.25, -0.2) is 0 Å². The van der Waals surface area contributed by atoms with E-state index in [1.807, 2.05) is 28.6 Å². The minimum Gasteiger partial charge on any atom is -0.381 e. The second-order valence-corrected chi connectivity index (χ2v) is 10.1. The molecule has 1 amide bonds. The summed E-state index contributed by atoms with van der Waals surface area (Å²) in [6.07, 6.45) is 5.31.